The predicted octanol–water partition coefficient (Wildman–Crippen LogP) is 3.54. The van der Waals surface area contributed by atoms with Crippen LogP contribution in [-0.4, -0.2) is 6.61 Å². The van der Waals surface area contributed by atoms with Gasteiger partial charge in [0.2, 0.25) is 0 Å². The van der Waals surface area contributed by atoms with E-state index in [-0.39, 0.29) is 6.10 Å². The molecule has 1 aromatic carbocycles. The topological polar surface area (TPSA) is 35.2 Å². The molecular weight excluding hydrogens is 198 g/mol. The Morgan fingerprint density at radius 3 is 2.50 bits per heavy atom. The van der Waals surface area contributed by atoms with Crippen molar-refractivity contribution in [3.63, 3.8) is 0 Å². The Morgan fingerprint density at radius 2 is 1.88 bits per heavy atom. The summed E-state index contributed by atoms with van der Waals surface area (Å²) in [7, 11) is 0. The van der Waals surface area contributed by atoms with Crippen molar-refractivity contribution >= 4 is 5.69 Å². The summed E-state index contributed by atoms with van der Waals surface area (Å²) < 4.78 is 5.91. The van der Waals surface area contributed by atoms with Gasteiger partial charge in [-0.25, -0.2) is 0 Å². The van der Waals surface area contributed by atoms with Crippen molar-refractivity contribution in [3.05, 3.63) is 29.8 Å². The first kappa shape index (κ1) is 11.5. The van der Waals surface area contributed by atoms with Gasteiger partial charge in [0.25, 0.3) is 0 Å². The molecule has 1 aliphatic carbocycles. The van der Waals surface area contributed by atoms with E-state index >= 15 is 0 Å². The second-order valence-electron chi connectivity index (χ2n) is 4.79. The van der Waals surface area contributed by atoms with Crippen LogP contribution in [0, 0.1) is 5.92 Å². The van der Waals surface area contributed by atoms with Crippen molar-refractivity contribution in [1.82, 2.24) is 0 Å². The van der Waals surface area contributed by atoms with Gasteiger partial charge in [-0.2, -0.15) is 0 Å². The van der Waals surface area contributed by atoms with Crippen LogP contribution in [-0.2, 0) is 4.74 Å². The number of rotatable bonds is 4. The summed E-state index contributed by atoms with van der Waals surface area (Å²) in [6.45, 7) is 3.02. The van der Waals surface area contributed by atoms with Gasteiger partial charge in [-0.05, 0) is 43.4 Å². The lowest BCUT2D eigenvalue weighted by molar-refractivity contribution is 0.0408. The molecule has 1 unspecified atom stereocenters. The molecule has 1 fully saturated rings. The van der Waals surface area contributed by atoms with E-state index in [9.17, 15) is 0 Å². The number of hydrogen-bond donors (Lipinski definition) is 1. The van der Waals surface area contributed by atoms with E-state index in [0.29, 0.717) is 0 Å². The lowest BCUT2D eigenvalue weighted by Gasteiger charge is -2.16. The molecule has 88 valence electrons. The van der Waals surface area contributed by atoms with Gasteiger partial charge >= 0.3 is 0 Å². The average Bonchev–Trinajstić information content (AvgIpc) is 2.80. The van der Waals surface area contributed by atoms with Crippen LogP contribution < -0.4 is 5.73 Å². The summed E-state index contributed by atoms with van der Waals surface area (Å²) in [6, 6.07) is 7.97. The molecule has 1 atom stereocenters. The molecule has 2 heteroatoms. The standard InChI is InChI=1S/C14H21NO/c1-11(13-6-8-14(15)9-7-13)16-10-12-4-2-3-5-12/h6-9,11-12H,2-5,10,15H2,1H3. The summed E-state index contributed by atoms with van der Waals surface area (Å²) in [5, 5.41) is 0. The largest absolute Gasteiger partial charge is 0.399 e. The van der Waals surface area contributed by atoms with Gasteiger partial charge in [0, 0.05) is 5.69 Å². The number of anilines is 1. The molecule has 16 heavy (non-hydrogen) atoms. The van der Waals surface area contributed by atoms with E-state index in [1.54, 1.807) is 0 Å². The third-order valence-electron chi connectivity index (χ3n) is 3.46. The molecule has 1 saturated carbocycles. The molecule has 0 aliphatic heterocycles. The minimum absolute atomic E-state index is 0.182. The summed E-state index contributed by atoms with van der Waals surface area (Å²) in [4.78, 5) is 0. The maximum atomic E-state index is 5.91. The van der Waals surface area contributed by atoms with Gasteiger partial charge in [-0.15, -0.1) is 0 Å². The van der Waals surface area contributed by atoms with Crippen molar-refractivity contribution < 1.29 is 4.74 Å². The van der Waals surface area contributed by atoms with E-state index in [1.807, 2.05) is 12.1 Å². The Labute approximate surface area is 97.8 Å². The van der Waals surface area contributed by atoms with Crippen LogP contribution >= 0.6 is 0 Å². The first-order valence-electron chi connectivity index (χ1n) is 6.23. The van der Waals surface area contributed by atoms with Crippen molar-refractivity contribution in [2.75, 3.05) is 12.3 Å². The summed E-state index contributed by atoms with van der Waals surface area (Å²) in [6.07, 6.45) is 5.62. The second kappa shape index (κ2) is 5.35. The Kier molecular flexibility index (Phi) is 3.83. The lowest BCUT2D eigenvalue weighted by atomic mass is 10.1. The third-order valence-corrected chi connectivity index (χ3v) is 3.46. The van der Waals surface area contributed by atoms with E-state index in [1.165, 1.54) is 31.2 Å². The molecule has 0 amide bonds. The zero-order chi connectivity index (χ0) is 11.4. The number of benzene rings is 1. The fraction of sp³-hybridized carbons (Fsp3) is 0.571. The van der Waals surface area contributed by atoms with Crippen molar-refractivity contribution in [2.24, 2.45) is 5.92 Å². The fourth-order valence-electron chi connectivity index (χ4n) is 2.32. The Morgan fingerprint density at radius 1 is 1.25 bits per heavy atom. The summed E-state index contributed by atoms with van der Waals surface area (Å²) >= 11 is 0. The van der Waals surface area contributed by atoms with Crippen molar-refractivity contribution in [3.8, 4) is 0 Å². The SMILES string of the molecule is CC(OCC1CCCC1)c1ccc(N)cc1. The van der Waals surface area contributed by atoms with E-state index in [0.717, 1.165) is 18.2 Å². The molecule has 0 heterocycles. The highest BCUT2D eigenvalue weighted by Gasteiger charge is 2.16. The van der Waals surface area contributed by atoms with E-state index in [2.05, 4.69) is 19.1 Å². The van der Waals surface area contributed by atoms with Gasteiger partial charge < -0.3 is 10.5 Å². The van der Waals surface area contributed by atoms with Crippen molar-refractivity contribution in [1.29, 1.82) is 0 Å². The minimum Gasteiger partial charge on any atom is -0.399 e. The fourth-order valence-corrected chi connectivity index (χ4v) is 2.32. The van der Waals surface area contributed by atoms with Crippen molar-refractivity contribution in [2.45, 2.75) is 38.7 Å². The van der Waals surface area contributed by atoms with Crippen LogP contribution in [0.1, 0.15) is 44.3 Å². The van der Waals surface area contributed by atoms with Gasteiger partial charge in [-0.3, -0.25) is 0 Å². The van der Waals surface area contributed by atoms with Gasteiger partial charge in [0.05, 0.1) is 12.7 Å². The third kappa shape index (κ3) is 2.99. The molecule has 1 aliphatic rings. The van der Waals surface area contributed by atoms with Crippen LogP contribution in [0.15, 0.2) is 24.3 Å². The molecule has 2 nitrogen and oxygen atoms in total. The first-order chi connectivity index (χ1) is 7.75. The molecule has 0 radical (unpaired) electrons. The summed E-state index contributed by atoms with van der Waals surface area (Å²) in [5.74, 6) is 0.788. The molecule has 0 spiro atoms. The van der Waals surface area contributed by atoms with Crippen LogP contribution in [0.5, 0.6) is 0 Å². The number of nitrogen functional groups attached to an aromatic ring is 1. The number of hydrogen-bond acceptors (Lipinski definition) is 2. The molecule has 0 aromatic heterocycles. The Balaban J connectivity index is 1.82. The molecule has 1 aromatic rings. The highest BCUT2D eigenvalue weighted by Crippen LogP contribution is 2.27. The molecule has 0 bridgehead atoms. The Hall–Kier alpha value is -1.02. The van der Waals surface area contributed by atoms with E-state index < -0.39 is 0 Å². The quantitative estimate of drug-likeness (QED) is 0.786. The maximum Gasteiger partial charge on any atom is 0.0796 e. The highest BCUT2D eigenvalue weighted by molar-refractivity contribution is 5.39. The predicted molar refractivity (Wildman–Crippen MR) is 67.2 cm³/mol. The normalized spacial score (nSPS) is 18.8. The number of nitrogens with two attached hydrogens (primary N) is 1. The molecule has 0 saturated heterocycles. The highest BCUT2D eigenvalue weighted by atomic mass is 16.5. The Bertz CT molecular complexity index is 314. The monoisotopic (exact) mass is 219 g/mol. The average molecular weight is 219 g/mol. The maximum absolute atomic E-state index is 5.91. The zero-order valence-electron chi connectivity index (χ0n) is 9.99. The molecule has 2 rings (SSSR count). The minimum atomic E-state index is 0.182. The number of ether oxygens (including phenoxy) is 1. The molecular formula is C14H21NO. The van der Waals surface area contributed by atoms with E-state index in [4.69, 9.17) is 10.5 Å². The zero-order valence-corrected chi connectivity index (χ0v) is 9.99. The van der Waals surface area contributed by atoms with Gasteiger partial charge in [-0.1, -0.05) is 25.0 Å². The van der Waals surface area contributed by atoms with Crippen LogP contribution in [0.25, 0.3) is 0 Å². The van der Waals surface area contributed by atoms with Crippen LogP contribution in [0.2, 0.25) is 0 Å². The smallest absolute Gasteiger partial charge is 0.0796 e. The van der Waals surface area contributed by atoms with Crippen LogP contribution in [0.4, 0.5) is 5.69 Å². The first-order valence-corrected chi connectivity index (χ1v) is 6.23. The lowest BCUT2D eigenvalue weighted by Crippen LogP contribution is -2.08. The summed E-state index contributed by atoms with van der Waals surface area (Å²) in [5.41, 5.74) is 7.69. The van der Waals surface area contributed by atoms with Crippen LogP contribution in [0.3, 0.4) is 0 Å². The molecule has 2 N–H and O–H groups in total. The van der Waals surface area contributed by atoms with Gasteiger partial charge in [0.1, 0.15) is 0 Å². The second-order valence-corrected chi connectivity index (χ2v) is 4.79. The van der Waals surface area contributed by atoms with Gasteiger partial charge in [0.15, 0.2) is 0 Å².